The summed E-state index contributed by atoms with van der Waals surface area (Å²) in [6.07, 6.45) is 1.08. The molecule has 3 aliphatic heterocycles. The third-order valence-electron chi connectivity index (χ3n) is 18.8. The van der Waals surface area contributed by atoms with Gasteiger partial charge in [-0.2, -0.15) is 0 Å². The Hall–Kier alpha value is -8.58. The van der Waals surface area contributed by atoms with E-state index >= 15 is 0 Å². The zero-order valence-corrected chi connectivity index (χ0v) is 52.9. The van der Waals surface area contributed by atoms with Gasteiger partial charge in [0.1, 0.15) is 0 Å². The van der Waals surface area contributed by atoms with Gasteiger partial charge in [-0.1, -0.05) is 216 Å². The first-order valence-electron chi connectivity index (χ1n) is 30.9. The molecule has 0 saturated heterocycles. The van der Waals surface area contributed by atoms with Gasteiger partial charge in [-0.25, -0.2) is 0 Å². The number of anilines is 10. The molecule has 0 unspecified atom stereocenters. The van der Waals surface area contributed by atoms with Gasteiger partial charge in [0.25, 0.3) is 6.71 Å². The van der Waals surface area contributed by atoms with Crippen molar-refractivity contribution in [2.24, 2.45) is 0 Å². The van der Waals surface area contributed by atoms with Crippen LogP contribution in [0.2, 0.25) is 0 Å². The van der Waals surface area contributed by atoms with Crippen molar-refractivity contribution < 1.29 is 0 Å². The van der Waals surface area contributed by atoms with Crippen LogP contribution in [0.5, 0.6) is 0 Å². The van der Waals surface area contributed by atoms with Gasteiger partial charge in [-0.3, -0.25) is 0 Å². The van der Waals surface area contributed by atoms with Crippen molar-refractivity contribution in [1.29, 1.82) is 0 Å². The van der Waals surface area contributed by atoms with Crippen molar-refractivity contribution in [2.45, 2.75) is 104 Å². The fourth-order valence-electron chi connectivity index (χ4n) is 13.7. The number of nitrogens with zero attached hydrogens (tertiary/aromatic N) is 4. The number of hydrogen-bond donors (Lipinski definition) is 0. The molecule has 0 fully saturated rings. The van der Waals surface area contributed by atoms with E-state index in [0.29, 0.717) is 0 Å². The summed E-state index contributed by atoms with van der Waals surface area (Å²) in [4.78, 5) is 10.3. The van der Waals surface area contributed by atoms with Crippen LogP contribution < -0.4 is 35.3 Å². The fraction of sp³-hybridized carbons (Fsp3) is 0.225. The summed E-state index contributed by atoms with van der Waals surface area (Å²) in [5.41, 5.74) is 26.8. The lowest BCUT2D eigenvalue weighted by Gasteiger charge is -2.45. The third kappa shape index (κ3) is 9.44. The molecule has 4 nitrogen and oxygen atoms in total. The van der Waals surface area contributed by atoms with Gasteiger partial charge in [0.05, 0.1) is 17.1 Å². The van der Waals surface area contributed by atoms with E-state index < -0.39 is 0 Å². The SMILES string of the molecule is CN1CCC(C)(C)c2cc(-c3ccccc3)c(N3c4cc(N(c5ccc(C(C)(C)C)cc5)c5ccc(C(C)(C)C)cc5-c5ccccc5)ccc4B4c5sc6ccc(-c7ccccc7)cc6c5N(c5ccc(C(C)(C)C)cc5)c5cccc3c54)cc21. The highest BCUT2D eigenvalue weighted by Gasteiger charge is 2.46. The topological polar surface area (TPSA) is 13.0 Å². The number of thiophene rings is 1. The van der Waals surface area contributed by atoms with Crippen LogP contribution in [-0.2, 0) is 21.7 Å². The van der Waals surface area contributed by atoms with E-state index in [0.717, 1.165) is 35.7 Å². The smallest absolute Gasteiger partial charge is 0.264 e. The Morgan fingerprint density at radius 2 is 1.02 bits per heavy atom. The zero-order chi connectivity index (χ0) is 59.6. The summed E-state index contributed by atoms with van der Waals surface area (Å²) in [7, 11) is 2.29. The molecule has 426 valence electrons. The monoisotopic (exact) mass is 1140 g/mol. The van der Waals surface area contributed by atoms with Crippen LogP contribution in [0.3, 0.4) is 0 Å². The molecule has 14 rings (SSSR count). The lowest BCUT2D eigenvalue weighted by molar-refractivity contribution is 0.462. The summed E-state index contributed by atoms with van der Waals surface area (Å²) >= 11 is 1.96. The van der Waals surface area contributed by atoms with E-state index in [-0.39, 0.29) is 28.4 Å². The van der Waals surface area contributed by atoms with Crippen molar-refractivity contribution in [2.75, 3.05) is 33.2 Å². The van der Waals surface area contributed by atoms with Crippen molar-refractivity contribution >= 4 is 101 Å². The Morgan fingerprint density at radius 3 is 1.65 bits per heavy atom. The molecular formula is C80H77BN4S. The molecule has 0 amide bonds. The maximum absolute atomic E-state index is 2.67. The molecule has 0 saturated carbocycles. The molecule has 0 aliphatic carbocycles. The first-order chi connectivity index (χ1) is 41.2. The van der Waals surface area contributed by atoms with E-state index in [1.54, 1.807) is 0 Å². The highest BCUT2D eigenvalue weighted by atomic mass is 32.1. The maximum atomic E-state index is 2.67. The Morgan fingerprint density at radius 1 is 0.453 bits per heavy atom. The van der Waals surface area contributed by atoms with Crippen LogP contribution in [-0.4, -0.2) is 20.3 Å². The standard InChI is InChI=1S/C80H77BN4S/c1-77(2,3)56-32-37-59(38-33-56)83(67-43-36-58(79(7,8)9)48-62(67)53-25-18-14-19-26-53)61-41-42-66-72(49-61)85(70-51-71-65(80(10,11)45-46-82(71)12)50-63(70)54-27-20-15-21-28-54)69-30-22-29-68-74(69)81(66)76-75(84(68)60-39-34-57(35-40-60)78(4,5)6)64-47-55(31-44-73(64)86-76)52-23-16-13-17-24-52/h13-44,47-51H,45-46H2,1-12H3. The molecule has 0 spiro atoms. The van der Waals surface area contributed by atoms with Crippen molar-refractivity contribution in [1.82, 2.24) is 0 Å². The molecule has 0 N–H and O–H groups in total. The lowest BCUT2D eigenvalue weighted by Crippen LogP contribution is -2.60. The Bertz CT molecular complexity index is 4390. The third-order valence-corrected chi connectivity index (χ3v) is 20.0. The van der Waals surface area contributed by atoms with Gasteiger partial charge < -0.3 is 19.6 Å². The van der Waals surface area contributed by atoms with Gasteiger partial charge in [0.15, 0.2) is 0 Å². The quantitative estimate of drug-likeness (QED) is 0.141. The summed E-state index contributed by atoms with van der Waals surface area (Å²) in [5, 5.41) is 1.27. The van der Waals surface area contributed by atoms with Gasteiger partial charge in [-0.05, 0) is 168 Å². The lowest BCUT2D eigenvalue weighted by atomic mass is 9.36. The predicted molar refractivity (Wildman–Crippen MR) is 374 cm³/mol. The van der Waals surface area contributed by atoms with Crippen molar-refractivity contribution in [3.63, 3.8) is 0 Å². The number of rotatable bonds is 8. The van der Waals surface area contributed by atoms with E-state index in [9.17, 15) is 0 Å². The first kappa shape index (κ1) is 55.3. The van der Waals surface area contributed by atoms with Crippen molar-refractivity contribution in [3.05, 3.63) is 247 Å². The number of benzene rings is 10. The molecule has 1 aromatic heterocycles. The second-order valence-corrected chi connectivity index (χ2v) is 29.1. The minimum Gasteiger partial charge on any atom is -0.374 e. The molecule has 6 heteroatoms. The summed E-state index contributed by atoms with van der Waals surface area (Å²) in [6, 6.07) is 85.9. The average molecular weight is 1140 g/mol. The van der Waals surface area contributed by atoms with Gasteiger partial charge in [0, 0.05) is 79.4 Å². The molecule has 0 atom stereocenters. The Balaban J connectivity index is 1.09. The van der Waals surface area contributed by atoms with E-state index in [4.69, 9.17) is 0 Å². The van der Waals surface area contributed by atoms with Crippen LogP contribution in [0, 0.1) is 0 Å². The molecule has 3 aliphatic rings. The zero-order valence-electron chi connectivity index (χ0n) is 52.1. The molecule has 10 aromatic carbocycles. The summed E-state index contributed by atoms with van der Waals surface area (Å²) in [5.74, 6) is 0. The van der Waals surface area contributed by atoms with Crippen molar-refractivity contribution in [3.8, 4) is 33.4 Å². The largest absolute Gasteiger partial charge is 0.374 e. The fourth-order valence-corrected chi connectivity index (χ4v) is 15.0. The van der Waals surface area contributed by atoms with Crippen LogP contribution in [0.25, 0.3) is 43.5 Å². The van der Waals surface area contributed by atoms with E-state index in [1.165, 1.54) is 116 Å². The van der Waals surface area contributed by atoms with Gasteiger partial charge in [-0.15, -0.1) is 11.3 Å². The highest BCUT2D eigenvalue weighted by Crippen LogP contribution is 2.54. The maximum Gasteiger partial charge on any atom is 0.264 e. The molecule has 4 heterocycles. The summed E-state index contributed by atoms with van der Waals surface area (Å²) in [6.45, 7) is 26.6. The first-order valence-corrected chi connectivity index (χ1v) is 31.7. The molecular weight excluding hydrogens is 1060 g/mol. The predicted octanol–water partition coefficient (Wildman–Crippen LogP) is 20.5. The second-order valence-electron chi connectivity index (χ2n) is 28.0. The van der Waals surface area contributed by atoms with Gasteiger partial charge in [0.2, 0.25) is 0 Å². The number of hydrogen-bond acceptors (Lipinski definition) is 5. The average Bonchev–Trinajstić information content (AvgIpc) is 1.36. The molecule has 11 aromatic rings. The second kappa shape index (κ2) is 20.6. The van der Waals surface area contributed by atoms with Gasteiger partial charge >= 0.3 is 0 Å². The minimum absolute atomic E-state index is 0.00436. The Labute approximate surface area is 515 Å². The molecule has 0 bridgehead atoms. The minimum atomic E-state index is -0.0796. The molecule has 0 radical (unpaired) electrons. The van der Waals surface area contributed by atoms with E-state index in [1.807, 2.05) is 11.3 Å². The van der Waals surface area contributed by atoms with Crippen LogP contribution >= 0.6 is 11.3 Å². The number of fused-ring (bicyclic) bond motifs is 7. The van der Waals surface area contributed by atoms with Crippen LogP contribution in [0.4, 0.5) is 56.9 Å². The normalized spacial score (nSPS) is 14.4. The molecule has 86 heavy (non-hydrogen) atoms. The van der Waals surface area contributed by atoms with Crippen LogP contribution in [0.15, 0.2) is 224 Å². The van der Waals surface area contributed by atoms with E-state index in [2.05, 4.69) is 327 Å². The highest BCUT2D eigenvalue weighted by molar-refractivity contribution is 7.33. The Kier molecular flexibility index (Phi) is 13.2. The summed E-state index contributed by atoms with van der Waals surface area (Å²) < 4.78 is 2.64. The van der Waals surface area contributed by atoms with Crippen LogP contribution in [0.1, 0.15) is 105 Å².